The van der Waals surface area contributed by atoms with Crippen LogP contribution in [0.1, 0.15) is 103 Å². The van der Waals surface area contributed by atoms with Gasteiger partial charge in [0.1, 0.15) is 5.58 Å². The molecule has 0 aliphatic carbocycles. The Morgan fingerprint density at radius 2 is 1.38 bits per heavy atom. The number of aromatic nitrogens is 4. The third-order valence-electron chi connectivity index (χ3n) is 12.2. The van der Waals surface area contributed by atoms with Gasteiger partial charge in [0.2, 0.25) is 0 Å². The first-order chi connectivity index (χ1) is 31.2. The number of hydrogen-bond acceptors (Lipinski definition) is 4. The van der Waals surface area contributed by atoms with Crippen molar-refractivity contribution in [1.82, 2.24) is 19.5 Å². The molecule has 0 saturated carbocycles. The van der Waals surface area contributed by atoms with Crippen molar-refractivity contribution in [2.45, 2.75) is 104 Å². The molecule has 0 aliphatic heterocycles. The maximum Gasteiger partial charge on any atom is 0 e. The second-order valence-corrected chi connectivity index (χ2v) is 29.4. The number of hydrogen-bond donors (Lipinski definition) is 0. The van der Waals surface area contributed by atoms with Gasteiger partial charge in [0.25, 0.3) is 0 Å². The maximum absolute atomic E-state index is 7.44. The molecule has 0 amide bonds. The number of imidazole rings is 1. The zero-order valence-electron chi connectivity index (χ0n) is 42.2. The van der Waals surface area contributed by atoms with Crippen LogP contribution in [0, 0.1) is 39.8 Å². The summed E-state index contributed by atoms with van der Waals surface area (Å²) in [5.41, 5.74) is 17.2. The molecule has 0 bridgehead atoms. The number of furan rings is 1. The van der Waals surface area contributed by atoms with E-state index in [-0.39, 0.29) is 31.9 Å². The van der Waals surface area contributed by atoms with Gasteiger partial charge in [-0.2, -0.15) is 0 Å². The Morgan fingerprint density at radius 1 is 0.703 bits per heavy atom. The van der Waals surface area contributed by atoms with Gasteiger partial charge in [-0.25, -0.2) is 0 Å². The number of benzene rings is 5. The maximum atomic E-state index is 7.44. The van der Waals surface area contributed by atoms with Crippen molar-refractivity contribution in [2.75, 3.05) is 0 Å². The van der Waals surface area contributed by atoms with E-state index in [2.05, 4.69) is 168 Å². The molecule has 4 heterocycles. The minimum atomic E-state index is -2.09. The fraction of sp³-hybridized carbons (Fsp3) is 0.281. The van der Waals surface area contributed by atoms with Crippen molar-refractivity contribution >= 4 is 50.6 Å². The van der Waals surface area contributed by atoms with Gasteiger partial charge < -0.3 is 8.98 Å². The van der Waals surface area contributed by atoms with E-state index in [1.165, 1.54) is 37.9 Å². The topological polar surface area (TPSA) is 56.7 Å². The molecule has 0 aliphatic rings. The molecule has 4 aromatic heterocycles. The number of aryl methyl sites for hydroxylation is 4. The molecule has 0 fully saturated rings. The molecule has 5 nitrogen and oxygen atoms in total. The van der Waals surface area contributed by atoms with Gasteiger partial charge in [-0.15, -0.1) is 18.2 Å². The van der Waals surface area contributed by atoms with E-state index in [0.29, 0.717) is 11.5 Å². The molecule has 9 rings (SSSR count). The van der Waals surface area contributed by atoms with Crippen LogP contribution in [0.15, 0.2) is 114 Å². The molecule has 1 radical (unpaired) electrons. The second kappa shape index (κ2) is 18.8. The van der Waals surface area contributed by atoms with Crippen LogP contribution in [-0.2, 0) is 20.1 Å². The summed E-state index contributed by atoms with van der Waals surface area (Å²) in [6.45, 7) is 17.8. The van der Waals surface area contributed by atoms with E-state index in [0.717, 1.165) is 72.6 Å². The summed E-state index contributed by atoms with van der Waals surface area (Å²) < 4.78 is 32.7. The standard InChI is InChI=1S/C39H36N3O.C18H24GeN.Ir/c1-22(2)32-20-28(27-14-9-8-10-15-27)21-33(23(3)4)37(32)42-36-24(5)25(6)40-26(7)35(36)41-39(42)31-18-13-17-30-29-16-11-12-19-34(29)43-38(30)31;1-13(2)16-11-18(15-9-7-14(3)8-10-15)20-12-17(16)19(4,5)6;/h8-17,19-23H,1-7H3;7-9,11-13H,1-6H3;/q2*-1;/i;3D3;. The van der Waals surface area contributed by atoms with Gasteiger partial charge in [-0.3, -0.25) is 9.97 Å². The summed E-state index contributed by atoms with van der Waals surface area (Å²) >= 11 is -1.97. The quantitative estimate of drug-likeness (QED) is 0.112. The Hall–Kier alpha value is -5.14. The molecule has 0 saturated heterocycles. The summed E-state index contributed by atoms with van der Waals surface area (Å²) in [4.78, 5) is 14.9. The molecule has 329 valence electrons. The summed E-state index contributed by atoms with van der Waals surface area (Å²) in [5.74, 6) is 8.95. The molecule has 9 aromatic rings. The van der Waals surface area contributed by atoms with Crippen LogP contribution >= 0.6 is 0 Å². The van der Waals surface area contributed by atoms with E-state index in [4.69, 9.17) is 18.5 Å². The van der Waals surface area contributed by atoms with Crippen molar-refractivity contribution in [2.24, 2.45) is 0 Å². The van der Waals surface area contributed by atoms with E-state index < -0.39 is 20.1 Å². The van der Waals surface area contributed by atoms with Gasteiger partial charge in [0.05, 0.1) is 28.1 Å². The smallest absolute Gasteiger partial charge is 0 e. The van der Waals surface area contributed by atoms with Crippen LogP contribution in [0.25, 0.3) is 72.4 Å². The molecule has 0 N–H and O–H groups in total. The predicted octanol–water partition coefficient (Wildman–Crippen LogP) is 15.1. The van der Waals surface area contributed by atoms with Gasteiger partial charge in [0.15, 0.2) is 0 Å². The van der Waals surface area contributed by atoms with Crippen LogP contribution in [0.4, 0.5) is 0 Å². The minimum absolute atomic E-state index is 0. The van der Waals surface area contributed by atoms with Crippen molar-refractivity contribution in [3.05, 3.63) is 161 Å². The molecule has 0 unspecified atom stereocenters. The van der Waals surface area contributed by atoms with Crippen LogP contribution < -0.4 is 4.40 Å². The molecule has 0 spiro atoms. The first-order valence-electron chi connectivity index (χ1n) is 23.7. The number of rotatable bonds is 8. The Labute approximate surface area is 400 Å². The third kappa shape index (κ3) is 8.94. The Balaban J connectivity index is 0.000000236. The van der Waals surface area contributed by atoms with E-state index >= 15 is 0 Å². The summed E-state index contributed by atoms with van der Waals surface area (Å²) in [5, 5.41) is 2.16. The second-order valence-electron chi connectivity index (χ2n) is 18.8. The summed E-state index contributed by atoms with van der Waals surface area (Å²) in [6.07, 6.45) is 2.02. The molecular formula is C57H60GeIrN4O-2. The van der Waals surface area contributed by atoms with Crippen molar-refractivity contribution in [1.29, 1.82) is 0 Å². The fourth-order valence-corrected chi connectivity index (χ4v) is 12.3. The molecule has 5 aromatic carbocycles. The van der Waals surface area contributed by atoms with Gasteiger partial charge in [-0.1, -0.05) is 87.2 Å². The van der Waals surface area contributed by atoms with Gasteiger partial charge >= 0.3 is 130 Å². The largest absolute Gasteiger partial charge is 0 e. The average Bonchev–Trinajstić information content (AvgIpc) is 3.87. The molecule has 7 heteroatoms. The monoisotopic (exact) mass is 1090 g/mol. The number of fused-ring (bicyclic) bond motifs is 4. The Kier molecular flexibility index (Phi) is 12.5. The number of pyridine rings is 2. The first-order valence-corrected chi connectivity index (χ1v) is 29.5. The van der Waals surface area contributed by atoms with Crippen LogP contribution in [-0.4, -0.2) is 32.8 Å². The van der Waals surface area contributed by atoms with Crippen LogP contribution in [0.5, 0.6) is 0 Å². The van der Waals surface area contributed by atoms with Crippen molar-refractivity contribution < 1.29 is 28.6 Å². The van der Waals surface area contributed by atoms with Crippen molar-refractivity contribution in [3.63, 3.8) is 0 Å². The summed E-state index contributed by atoms with van der Waals surface area (Å²) in [7, 11) is 0. The number of nitrogens with zero attached hydrogens (tertiary/aromatic N) is 4. The Morgan fingerprint density at radius 3 is 2.00 bits per heavy atom. The van der Waals surface area contributed by atoms with E-state index in [9.17, 15) is 0 Å². The average molecular weight is 1080 g/mol. The number of para-hydroxylation sites is 1. The van der Waals surface area contributed by atoms with E-state index in [1.54, 1.807) is 18.2 Å². The van der Waals surface area contributed by atoms with Gasteiger partial charge in [0, 0.05) is 36.9 Å². The summed E-state index contributed by atoms with van der Waals surface area (Å²) in [6, 6.07) is 41.5. The van der Waals surface area contributed by atoms with Crippen LogP contribution in [0.2, 0.25) is 17.3 Å². The normalized spacial score (nSPS) is 12.7. The van der Waals surface area contributed by atoms with Crippen molar-refractivity contribution in [3.8, 4) is 39.5 Å². The third-order valence-corrected chi connectivity index (χ3v) is 16.5. The molecular weight excluding hydrogens is 1020 g/mol. The van der Waals surface area contributed by atoms with Crippen LogP contribution in [0.3, 0.4) is 0 Å². The SMILES string of the molecule is Cc1nc(C)c2nc(-c3[c-]ccc4c3oc3ccccc34)n(-c3c(C(C)C)cc(-c4ccccc4)cc3C(C)C)c2c1C.[2H]C([2H])([2H])c1c[c-]c(-c2cc(C(C)C)[c]([Ge]([CH3])([CH3])[CH3])cn2)cc1.[Ir]. The van der Waals surface area contributed by atoms with E-state index in [1.807, 2.05) is 24.4 Å². The zero-order chi connectivity index (χ0) is 47.4. The zero-order valence-corrected chi connectivity index (χ0v) is 43.6. The first kappa shape index (κ1) is 42.8. The molecule has 64 heavy (non-hydrogen) atoms. The predicted molar refractivity (Wildman–Crippen MR) is 269 cm³/mol. The Bertz CT molecular complexity index is 3210. The van der Waals surface area contributed by atoms with Gasteiger partial charge in [-0.05, 0) is 78.6 Å². The minimum Gasteiger partial charge on any atom is 0 e. The molecule has 0 atom stereocenters. The fourth-order valence-electron chi connectivity index (χ4n) is 8.74.